The molecular weight excluding hydrogens is 659 g/mol. The summed E-state index contributed by atoms with van der Waals surface area (Å²) in [4.78, 5) is 24.6. The number of hydrogen-bond donors (Lipinski definition) is 0. The smallest absolute Gasteiger partial charge is 0.160 e. The Balaban J connectivity index is 1.12. The summed E-state index contributed by atoms with van der Waals surface area (Å²) in [5.41, 5.74) is 14.4. The van der Waals surface area contributed by atoms with Crippen molar-refractivity contribution in [3.63, 3.8) is 0 Å². The minimum Gasteiger partial charge on any atom is -0.255 e. The summed E-state index contributed by atoms with van der Waals surface area (Å²) in [7, 11) is 0. The van der Waals surface area contributed by atoms with Gasteiger partial charge in [-0.15, -0.1) is 0 Å². The maximum atomic E-state index is 5.14. The van der Waals surface area contributed by atoms with Crippen molar-refractivity contribution < 1.29 is 0 Å². The second-order valence-corrected chi connectivity index (χ2v) is 13.0. The summed E-state index contributed by atoms with van der Waals surface area (Å²) in [6, 6.07) is 64.3. The van der Waals surface area contributed by atoms with E-state index in [4.69, 9.17) is 19.9 Å². The summed E-state index contributed by atoms with van der Waals surface area (Å²) in [6.45, 7) is 0. The predicted octanol–water partition coefficient (Wildman–Crippen LogP) is 12.0. The first kappa shape index (κ1) is 32.5. The molecule has 254 valence electrons. The Hall–Kier alpha value is -7.37. The van der Waals surface area contributed by atoms with Gasteiger partial charge in [0.15, 0.2) is 5.82 Å². The molecule has 9 aromatic rings. The number of benzene rings is 5. The molecule has 5 aromatic carbocycles. The van der Waals surface area contributed by atoms with Crippen LogP contribution in [-0.2, 0) is 0 Å². The number of rotatable bonds is 8. The zero-order valence-corrected chi connectivity index (χ0v) is 29.3. The van der Waals surface area contributed by atoms with Crippen LogP contribution in [0, 0.1) is 0 Å². The fourth-order valence-electron chi connectivity index (χ4n) is 6.74. The third-order valence-corrected chi connectivity index (χ3v) is 9.42. The van der Waals surface area contributed by atoms with Gasteiger partial charge in [-0.2, -0.15) is 0 Å². The molecule has 0 aliphatic carbocycles. The molecule has 9 rings (SSSR count). The highest BCUT2D eigenvalue weighted by atomic mass is 14.9. The van der Waals surface area contributed by atoms with Crippen molar-refractivity contribution >= 4 is 0 Å². The van der Waals surface area contributed by atoms with Crippen molar-refractivity contribution in [2.24, 2.45) is 0 Å². The minimum absolute atomic E-state index is 0.691. The Kier molecular flexibility index (Phi) is 8.86. The van der Waals surface area contributed by atoms with Gasteiger partial charge >= 0.3 is 0 Å². The van der Waals surface area contributed by atoms with Gasteiger partial charge in [0.1, 0.15) is 0 Å². The highest BCUT2D eigenvalue weighted by molar-refractivity contribution is 5.86. The average molecular weight is 692 g/mol. The Morgan fingerprint density at radius 1 is 0.241 bits per heavy atom. The Morgan fingerprint density at radius 3 is 1.54 bits per heavy atom. The molecule has 5 heteroatoms. The lowest BCUT2D eigenvalue weighted by Crippen LogP contribution is -1.97. The maximum absolute atomic E-state index is 5.14. The summed E-state index contributed by atoms with van der Waals surface area (Å²) in [5, 5.41) is 0. The number of aromatic nitrogens is 5. The Bertz CT molecular complexity index is 2580. The highest BCUT2D eigenvalue weighted by Gasteiger charge is 2.16. The molecule has 0 radical (unpaired) electrons. The Morgan fingerprint density at radius 2 is 0.796 bits per heavy atom. The summed E-state index contributed by atoms with van der Waals surface area (Å²) >= 11 is 0. The summed E-state index contributed by atoms with van der Waals surface area (Å²) in [5.74, 6) is 0.691. The molecule has 0 spiro atoms. The van der Waals surface area contributed by atoms with Gasteiger partial charge in [-0.1, -0.05) is 140 Å². The van der Waals surface area contributed by atoms with Gasteiger partial charge in [0.25, 0.3) is 0 Å². The quantitative estimate of drug-likeness (QED) is 0.159. The van der Waals surface area contributed by atoms with E-state index in [1.54, 1.807) is 6.20 Å². The highest BCUT2D eigenvalue weighted by Crippen LogP contribution is 2.37. The first-order valence-electron chi connectivity index (χ1n) is 17.9. The minimum atomic E-state index is 0.691. The molecule has 5 nitrogen and oxygen atoms in total. The first-order chi connectivity index (χ1) is 26.7. The van der Waals surface area contributed by atoms with Crippen molar-refractivity contribution in [3.8, 4) is 90.1 Å². The van der Waals surface area contributed by atoms with Gasteiger partial charge in [-0.05, 0) is 81.9 Å². The van der Waals surface area contributed by atoms with Crippen LogP contribution in [-0.4, -0.2) is 24.9 Å². The number of hydrogen-bond acceptors (Lipinski definition) is 5. The predicted molar refractivity (Wildman–Crippen MR) is 219 cm³/mol. The van der Waals surface area contributed by atoms with E-state index in [0.29, 0.717) is 5.82 Å². The molecule has 0 saturated carbocycles. The average Bonchev–Trinajstić information content (AvgIpc) is 3.27. The van der Waals surface area contributed by atoms with E-state index in [9.17, 15) is 0 Å². The van der Waals surface area contributed by atoms with Crippen LogP contribution in [0.3, 0.4) is 0 Å². The van der Waals surface area contributed by atoms with Crippen molar-refractivity contribution in [1.82, 2.24) is 24.9 Å². The van der Waals surface area contributed by atoms with Crippen LogP contribution in [0.2, 0.25) is 0 Å². The number of nitrogens with zero attached hydrogens (tertiary/aromatic N) is 5. The molecule has 0 fully saturated rings. The van der Waals surface area contributed by atoms with Gasteiger partial charge in [-0.3, -0.25) is 9.97 Å². The molecule has 0 aliphatic rings. The monoisotopic (exact) mass is 691 g/mol. The Labute approximate surface area is 314 Å². The van der Waals surface area contributed by atoms with Crippen molar-refractivity contribution in [3.05, 3.63) is 200 Å². The van der Waals surface area contributed by atoms with E-state index >= 15 is 0 Å². The van der Waals surface area contributed by atoms with Gasteiger partial charge in [0.05, 0.1) is 34.2 Å². The van der Waals surface area contributed by atoms with Gasteiger partial charge in [0, 0.05) is 29.1 Å². The molecule has 0 saturated heterocycles. The fourth-order valence-corrected chi connectivity index (χ4v) is 6.74. The van der Waals surface area contributed by atoms with Gasteiger partial charge in [0.2, 0.25) is 0 Å². The molecule has 0 bridgehead atoms. The van der Waals surface area contributed by atoms with E-state index in [0.717, 1.165) is 84.2 Å². The van der Waals surface area contributed by atoms with E-state index in [1.807, 2.05) is 66.9 Å². The van der Waals surface area contributed by atoms with E-state index in [-0.39, 0.29) is 0 Å². The van der Waals surface area contributed by atoms with Crippen LogP contribution in [0.5, 0.6) is 0 Å². The molecule has 0 N–H and O–H groups in total. The lowest BCUT2D eigenvalue weighted by molar-refractivity contribution is 1.18. The molecule has 0 atom stereocenters. The first-order valence-corrected chi connectivity index (χ1v) is 17.9. The van der Waals surface area contributed by atoms with Crippen LogP contribution in [0.4, 0.5) is 0 Å². The summed E-state index contributed by atoms with van der Waals surface area (Å²) < 4.78 is 0. The standard InChI is InChI=1S/C49H33N5/c1-4-15-34(16-5-1)40-31-47(43-25-12-13-27-50-43)52-48(32-40)46-30-38(26-28-51-46)37-21-14-22-39(29-37)41-23-10-11-24-42(41)45-33-44(35-17-6-2-7-18-35)53-49(54-45)36-19-8-3-9-20-36/h1-33H. The molecule has 4 heterocycles. The normalized spacial score (nSPS) is 11.0. The van der Waals surface area contributed by atoms with Gasteiger partial charge < -0.3 is 0 Å². The molecule has 0 aliphatic heterocycles. The lowest BCUT2D eigenvalue weighted by atomic mass is 9.94. The second-order valence-electron chi connectivity index (χ2n) is 13.0. The van der Waals surface area contributed by atoms with Crippen molar-refractivity contribution in [2.75, 3.05) is 0 Å². The molecule has 0 unspecified atom stereocenters. The lowest BCUT2D eigenvalue weighted by Gasteiger charge is -2.14. The van der Waals surface area contributed by atoms with E-state index in [1.165, 1.54) is 0 Å². The zero-order chi connectivity index (χ0) is 36.1. The third-order valence-electron chi connectivity index (χ3n) is 9.42. The molecular formula is C49H33N5. The van der Waals surface area contributed by atoms with Gasteiger partial charge in [-0.25, -0.2) is 15.0 Å². The van der Waals surface area contributed by atoms with Crippen LogP contribution in [0.25, 0.3) is 90.1 Å². The fraction of sp³-hybridized carbons (Fsp3) is 0. The van der Waals surface area contributed by atoms with Crippen LogP contribution in [0.15, 0.2) is 200 Å². The van der Waals surface area contributed by atoms with Crippen LogP contribution in [0.1, 0.15) is 0 Å². The second kappa shape index (κ2) is 14.7. The SMILES string of the molecule is c1ccc(-c2cc(-c3ccccn3)nc(-c3cc(-c4cccc(-c5ccccc5-c5cc(-c6ccccc6)nc(-c6ccccc6)n5)c4)ccn3)c2)cc1. The zero-order valence-electron chi connectivity index (χ0n) is 29.3. The summed E-state index contributed by atoms with van der Waals surface area (Å²) in [6.07, 6.45) is 3.66. The maximum Gasteiger partial charge on any atom is 0.160 e. The third kappa shape index (κ3) is 6.82. The number of pyridine rings is 3. The van der Waals surface area contributed by atoms with Crippen LogP contribution >= 0.6 is 0 Å². The van der Waals surface area contributed by atoms with E-state index in [2.05, 4.69) is 132 Å². The van der Waals surface area contributed by atoms with Crippen molar-refractivity contribution in [2.45, 2.75) is 0 Å². The molecule has 54 heavy (non-hydrogen) atoms. The van der Waals surface area contributed by atoms with Crippen LogP contribution < -0.4 is 0 Å². The van der Waals surface area contributed by atoms with Crippen molar-refractivity contribution in [1.29, 1.82) is 0 Å². The van der Waals surface area contributed by atoms with E-state index < -0.39 is 0 Å². The topological polar surface area (TPSA) is 64.5 Å². The molecule has 0 amide bonds. The molecule has 4 aromatic heterocycles. The largest absolute Gasteiger partial charge is 0.255 e.